The number of hydrogen-bond donors (Lipinski definition) is 0. The van der Waals surface area contributed by atoms with Crippen LogP contribution in [0.15, 0.2) is 105 Å². The zero-order valence-corrected chi connectivity index (χ0v) is 10.3. The van der Waals surface area contributed by atoms with Crippen molar-refractivity contribution >= 4 is 0 Å². The molecule has 0 amide bonds. The van der Waals surface area contributed by atoms with Crippen LogP contribution in [0.4, 0.5) is 0 Å². The minimum absolute atomic E-state index is 0.234. The molecule has 1 spiro atoms. The van der Waals surface area contributed by atoms with Gasteiger partial charge in [-0.2, -0.15) is 0 Å². The molecule has 0 aromatic rings. The standard InChI is InChI=1S/C19H10/c1-3-11-7-15-17-9-13-5-2-6-14(13)10-18-16(19(15,17)18)8-12(11)4-1/h1-10H. The summed E-state index contributed by atoms with van der Waals surface area (Å²) in [5.41, 5.74) is 11.9. The lowest BCUT2D eigenvalue weighted by Gasteiger charge is -1.98. The molecule has 6 aliphatic carbocycles. The normalized spacial score (nSPS) is 28.6. The maximum absolute atomic E-state index is 2.39. The Bertz CT molecular complexity index is 806. The zero-order chi connectivity index (χ0) is 12.2. The van der Waals surface area contributed by atoms with Crippen LogP contribution in [0, 0.1) is 5.41 Å². The molecule has 0 aromatic carbocycles. The van der Waals surface area contributed by atoms with Gasteiger partial charge in [0, 0.05) is 0 Å². The van der Waals surface area contributed by atoms with E-state index in [2.05, 4.69) is 60.8 Å². The molecule has 0 N–H and O–H groups in total. The third kappa shape index (κ3) is 0.769. The maximum atomic E-state index is 2.39. The van der Waals surface area contributed by atoms with Gasteiger partial charge < -0.3 is 0 Å². The van der Waals surface area contributed by atoms with Gasteiger partial charge in [-0.15, -0.1) is 0 Å². The van der Waals surface area contributed by atoms with Gasteiger partial charge in [-0.05, 0) is 68.9 Å². The molecule has 0 bridgehead atoms. The van der Waals surface area contributed by atoms with Crippen LogP contribution in [0.5, 0.6) is 0 Å². The summed E-state index contributed by atoms with van der Waals surface area (Å²) in [6.07, 6.45) is 22.7. The van der Waals surface area contributed by atoms with Gasteiger partial charge in [0.2, 0.25) is 0 Å². The average molecular weight is 238 g/mol. The molecule has 19 heavy (non-hydrogen) atoms. The predicted molar refractivity (Wildman–Crippen MR) is 76.2 cm³/mol. The molecule has 1 fully saturated rings. The van der Waals surface area contributed by atoms with Crippen LogP contribution in [0.3, 0.4) is 0 Å². The summed E-state index contributed by atoms with van der Waals surface area (Å²) >= 11 is 0. The first-order chi connectivity index (χ1) is 9.39. The summed E-state index contributed by atoms with van der Waals surface area (Å²) in [4.78, 5) is 0. The van der Waals surface area contributed by atoms with Crippen molar-refractivity contribution in [3.63, 3.8) is 0 Å². The van der Waals surface area contributed by atoms with Gasteiger partial charge in [0.1, 0.15) is 0 Å². The summed E-state index contributed by atoms with van der Waals surface area (Å²) in [5.74, 6) is 0. The van der Waals surface area contributed by atoms with Crippen LogP contribution < -0.4 is 0 Å². The molecule has 86 valence electrons. The Kier molecular flexibility index (Phi) is 1.09. The lowest BCUT2D eigenvalue weighted by atomic mass is 10.1. The average Bonchev–Trinajstić information content (AvgIpc) is 2.99. The monoisotopic (exact) mass is 238 g/mol. The highest BCUT2D eigenvalue weighted by atomic mass is 14.7. The van der Waals surface area contributed by atoms with Crippen molar-refractivity contribution in [3.05, 3.63) is 105 Å². The van der Waals surface area contributed by atoms with Crippen molar-refractivity contribution in [1.82, 2.24) is 0 Å². The fourth-order valence-electron chi connectivity index (χ4n) is 4.01. The van der Waals surface area contributed by atoms with E-state index < -0.39 is 0 Å². The Labute approximate surface area is 111 Å². The topological polar surface area (TPSA) is 0 Å². The highest BCUT2D eigenvalue weighted by Gasteiger charge is 2.70. The molecule has 0 heteroatoms. The van der Waals surface area contributed by atoms with Crippen molar-refractivity contribution in [2.75, 3.05) is 0 Å². The van der Waals surface area contributed by atoms with Crippen molar-refractivity contribution in [1.29, 1.82) is 0 Å². The van der Waals surface area contributed by atoms with Crippen molar-refractivity contribution in [2.45, 2.75) is 0 Å². The first kappa shape index (κ1) is 8.71. The maximum Gasteiger partial charge on any atom is 0.0715 e. The zero-order valence-electron chi connectivity index (χ0n) is 10.3. The Balaban J connectivity index is 1.69. The predicted octanol–water partition coefficient (Wildman–Crippen LogP) is 4.02. The van der Waals surface area contributed by atoms with E-state index in [4.69, 9.17) is 0 Å². The van der Waals surface area contributed by atoms with Crippen LogP contribution in [0.25, 0.3) is 0 Å². The minimum Gasteiger partial charge on any atom is -0.0610 e. The second kappa shape index (κ2) is 2.37. The summed E-state index contributed by atoms with van der Waals surface area (Å²) in [5, 5.41) is 0. The molecule has 0 aliphatic heterocycles. The summed E-state index contributed by atoms with van der Waals surface area (Å²) < 4.78 is 0. The van der Waals surface area contributed by atoms with Crippen LogP contribution in [0.1, 0.15) is 0 Å². The van der Waals surface area contributed by atoms with Gasteiger partial charge in [0.05, 0.1) is 5.41 Å². The van der Waals surface area contributed by atoms with Gasteiger partial charge in [0.25, 0.3) is 0 Å². The quantitative estimate of drug-likeness (QED) is 0.598. The van der Waals surface area contributed by atoms with Gasteiger partial charge in [-0.25, -0.2) is 0 Å². The Morgan fingerprint density at radius 1 is 0.579 bits per heavy atom. The van der Waals surface area contributed by atoms with Crippen molar-refractivity contribution in [2.24, 2.45) is 5.41 Å². The smallest absolute Gasteiger partial charge is 0.0610 e. The van der Waals surface area contributed by atoms with Gasteiger partial charge in [-0.1, -0.05) is 36.5 Å². The van der Waals surface area contributed by atoms with E-state index in [1.54, 1.807) is 0 Å². The lowest BCUT2D eigenvalue weighted by molar-refractivity contribution is 1.07. The van der Waals surface area contributed by atoms with Crippen LogP contribution in [-0.4, -0.2) is 0 Å². The highest BCUT2D eigenvalue weighted by Crippen LogP contribution is 2.80. The Hall–Kier alpha value is -2.34. The largest absolute Gasteiger partial charge is 0.0715 e. The van der Waals surface area contributed by atoms with E-state index in [1.807, 2.05) is 0 Å². The van der Waals surface area contributed by atoms with Crippen LogP contribution in [0.2, 0.25) is 0 Å². The molecule has 0 atom stereocenters. The van der Waals surface area contributed by atoms with E-state index in [1.165, 1.54) is 44.6 Å². The van der Waals surface area contributed by atoms with E-state index in [9.17, 15) is 0 Å². The Morgan fingerprint density at radius 2 is 1.11 bits per heavy atom. The van der Waals surface area contributed by atoms with Crippen molar-refractivity contribution < 1.29 is 0 Å². The first-order valence-corrected chi connectivity index (χ1v) is 6.80. The van der Waals surface area contributed by atoms with E-state index >= 15 is 0 Å². The summed E-state index contributed by atoms with van der Waals surface area (Å²) in [6, 6.07) is 0. The van der Waals surface area contributed by atoms with Crippen LogP contribution in [-0.2, 0) is 0 Å². The van der Waals surface area contributed by atoms with Gasteiger partial charge in [0.15, 0.2) is 0 Å². The molecule has 0 unspecified atom stereocenters. The van der Waals surface area contributed by atoms with Gasteiger partial charge in [-0.3, -0.25) is 0 Å². The molecule has 6 rings (SSSR count). The van der Waals surface area contributed by atoms with Crippen molar-refractivity contribution in [3.8, 4) is 0 Å². The first-order valence-electron chi connectivity index (χ1n) is 6.80. The van der Waals surface area contributed by atoms with Gasteiger partial charge >= 0.3 is 0 Å². The van der Waals surface area contributed by atoms with E-state index in [0.717, 1.165) is 0 Å². The molecular formula is C19H10. The molecular weight excluding hydrogens is 228 g/mol. The number of rotatable bonds is 0. The second-order valence-electron chi connectivity index (χ2n) is 5.85. The lowest BCUT2D eigenvalue weighted by Crippen LogP contribution is -1.80. The molecule has 0 aromatic heterocycles. The summed E-state index contributed by atoms with van der Waals surface area (Å²) in [6.45, 7) is 0. The number of fused-ring (bicyclic) bond motifs is 3. The SMILES string of the molecule is C1=CC2=CC3=C4C=C5C=CC=C5C=C5C(=CC2=C1)C534. The number of hydrogen-bond acceptors (Lipinski definition) is 0. The minimum atomic E-state index is 0.234. The number of allylic oxidation sites excluding steroid dienone is 18. The molecule has 0 nitrogen and oxygen atoms in total. The molecule has 1 saturated carbocycles. The third-order valence-electron chi connectivity index (χ3n) is 5.04. The molecule has 0 saturated heterocycles. The van der Waals surface area contributed by atoms with Crippen LogP contribution >= 0.6 is 0 Å². The van der Waals surface area contributed by atoms with E-state index in [-0.39, 0.29) is 5.41 Å². The highest BCUT2D eigenvalue weighted by molar-refractivity contribution is 5.95. The fourth-order valence-corrected chi connectivity index (χ4v) is 4.01. The molecule has 6 aliphatic rings. The molecule has 0 heterocycles. The summed E-state index contributed by atoms with van der Waals surface area (Å²) in [7, 11) is 0. The molecule has 0 radical (unpaired) electrons. The van der Waals surface area contributed by atoms with E-state index in [0.29, 0.717) is 0 Å². The second-order valence-corrected chi connectivity index (χ2v) is 5.85. The Morgan fingerprint density at radius 3 is 1.63 bits per heavy atom. The fraction of sp³-hybridized carbons (Fsp3) is 0.0526. The third-order valence-corrected chi connectivity index (χ3v) is 5.04.